The Bertz CT molecular complexity index is 416. The summed E-state index contributed by atoms with van der Waals surface area (Å²) in [7, 11) is -4.34. The van der Waals surface area contributed by atoms with E-state index in [1.54, 1.807) is 12.1 Å². The van der Waals surface area contributed by atoms with Crippen LogP contribution in [-0.2, 0) is 16.5 Å². The number of benzene rings is 1. The summed E-state index contributed by atoms with van der Waals surface area (Å²) in [6.45, 7) is 1.98. The monoisotopic (exact) mass is 270 g/mol. The van der Waals surface area contributed by atoms with Crippen molar-refractivity contribution in [1.29, 1.82) is 0 Å². The molecular formula is C10H12ClNaO3S. The summed E-state index contributed by atoms with van der Waals surface area (Å²) in [6, 6.07) is 5.87. The molecule has 3 nitrogen and oxygen atoms in total. The molecule has 0 N–H and O–H groups in total. The van der Waals surface area contributed by atoms with E-state index in [-0.39, 0.29) is 39.8 Å². The van der Waals surface area contributed by atoms with Crippen molar-refractivity contribution in [3.63, 3.8) is 0 Å². The van der Waals surface area contributed by atoms with Crippen LogP contribution in [0, 0.1) is 0 Å². The van der Waals surface area contributed by atoms with Crippen LogP contribution in [0.25, 0.3) is 0 Å². The molecule has 1 aromatic carbocycles. The van der Waals surface area contributed by atoms with Crippen LogP contribution in [0.15, 0.2) is 29.2 Å². The van der Waals surface area contributed by atoms with Crippen LogP contribution >= 0.6 is 11.6 Å². The average molecular weight is 271 g/mol. The first-order valence-corrected chi connectivity index (χ1v) is 6.47. The van der Waals surface area contributed by atoms with Gasteiger partial charge in [-0.2, -0.15) is 0 Å². The first-order chi connectivity index (χ1) is 6.93. The van der Waals surface area contributed by atoms with Gasteiger partial charge >= 0.3 is 29.6 Å². The molecule has 1 rings (SSSR count). The van der Waals surface area contributed by atoms with Crippen LogP contribution < -0.4 is 29.6 Å². The molecule has 16 heavy (non-hydrogen) atoms. The summed E-state index contributed by atoms with van der Waals surface area (Å²) >= 11 is 5.95. The second-order valence-corrected chi connectivity index (χ2v) is 5.30. The summed E-state index contributed by atoms with van der Waals surface area (Å²) in [5.41, 5.74) is 0.934. The molecule has 1 atom stereocenters. The van der Waals surface area contributed by atoms with Crippen molar-refractivity contribution in [2.75, 3.05) is 0 Å². The van der Waals surface area contributed by atoms with Gasteiger partial charge in [0.25, 0.3) is 0 Å². The van der Waals surface area contributed by atoms with Gasteiger partial charge in [-0.3, -0.25) is 0 Å². The van der Waals surface area contributed by atoms with Gasteiger partial charge in [-0.25, -0.2) is 8.42 Å². The molecule has 0 amide bonds. The predicted octanol–water partition coefficient (Wildman–Crippen LogP) is -0.845. The molecule has 84 valence electrons. The Morgan fingerprint density at radius 2 is 1.81 bits per heavy atom. The Kier molecular flexibility index (Phi) is 7.17. The van der Waals surface area contributed by atoms with Crippen LogP contribution in [0.1, 0.15) is 18.9 Å². The third-order valence-corrected chi connectivity index (χ3v) is 3.42. The Balaban J connectivity index is 0.00000225. The van der Waals surface area contributed by atoms with Crippen LogP contribution in [0.5, 0.6) is 0 Å². The van der Waals surface area contributed by atoms with E-state index in [4.69, 9.17) is 11.6 Å². The van der Waals surface area contributed by atoms with Crippen LogP contribution in [0.3, 0.4) is 0 Å². The van der Waals surface area contributed by atoms with Crippen molar-refractivity contribution in [1.82, 2.24) is 0 Å². The van der Waals surface area contributed by atoms with E-state index in [0.717, 1.165) is 12.0 Å². The van der Waals surface area contributed by atoms with E-state index in [0.29, 0.717) is 6.42 Å². The van der Waals surface area contributed by atoms with Crippen molar-refractivity contribution in [2.45, 2.75) is 30.0 Å². The predicted molar refractivity (Wildman–Crippen MR) is 58.0 cm³/mol. The van der Waals surface area contributed by atoms with Crippen molar-refractivity contribution in [3.8, 4) is 0 Å². The molecule has 0 heterocycles. The smallest absolute Gasteiger partial charge is 0.744 e. The molecule has 0 bridgehead atoms. The zero-order chi connectivity index (χ0) is 11.5. The molecule has 6 heteroatoms. The van der Waals surface area contributed by atoms with Gasteiger partial charge in [0.2, 0.25) is 0 Å². The van der Waals surface area contributed by atoms with Gasteiger partial charge in [-0.15, -0.1) is 11.6 Å². The van der Waals surface area contributed by atoms with Gasteiger partial charge < -0.3 is 4.55 Å². The molecule has 0 aromatic heterocycles. The largest absolute Gasteiger partial charge is 1.00 e. The van der Waals surface area contributed by atoms with E-state index in [1.165, 1.54) is 12.1 Å². The van der Waals surface area contributed by atoms with E-state index in [1.807, 2.05) is 6.92 Å². The van der Waals surface area contributed by atoms with Gasteiger partial charge in [0.15, 0.2) is 0 Å². The van der Waals surface area contributed by atoms with Crippen LogP contribution in [0.4, 0.5) is 0 Å². The van der Waals surface area contributed by atoms with Gasteiger partial charge in [-0.1, -0.05) is 19.1 Å². The Morgan fingerprint density at radius 3 is 2.19 bits per heavy atom. The molecular weight excluding hydrogens is 259 g/mol. The number of alkyl halides is 1. The fraction of sp³-hybridized carbons (Fsp3) is 0.400. The molecule has 0 spiro atoms. The van der Waals surface area contributed by atoms with Gasteiger partial charge in [0, 0.05) is 5.38 Å². The second kappa shape index (κ2) is 6.99. The molecule has 1 unspecified atom stereocenters. The minimum absolute atomic E-state index is 0. The third-order valence-electron chi connectivity index (χ3n) is 2.11. The maximum atomic E-state index is 10.6. The Hall–Kier alpha value is 0.420. The van der Waals surface area contributed by atoms with Crippen LogP contribution in [-0.4, -0.2) is 18.3 Å². The fourth-order valence-corrected chi connectivity index (χ4v) is 1.84. The van der Waals surface area contributed by atoms with Gasteiger partial charge in [0.05, 0.1) is 4.90 Å². The first kappa shape index (κ1) is 16.4. The van der Waals surface area contributed by atoms with Gasteiger partial charge in [-0.05, 0) is 30.5 Å². The molecule has 0 saturated carbocycles. The maximum absolute atomic E-state index is 10.6. The number of rotatable bonds is 4. The van der Waals surface area contributed by atoms with E-state index >= 15 is 0 Å². The summed E-state index contributed by atoms with van der Waals surface area (Å²) < 4.78 is 31.9. The Morgan fingerprint density at radius 1 is 1.31 bits per heavy atom. The molecule has 0 aliphatic heterocycles. The standard InChI is InChI=1S/C10H13ClO3S.Na/c1-2-9(11)7-8-3-5-10(6-4-8)15(12,13)14;/h3-6,9H,2,7H2,1H3,(H,12,13,14);/q;+1/p-1. The maximum Gasteiger partial charge on any atom is 1.00 e. The first-order valence-electron chi connectivity index (χ1n) is 4.62. The zero-order valence-corrected chi connectivity index (χ0v) is 12.9. The summed E-state index contributed by atoms with van der Waals surface area (Å²) in [5.74, 6) is 0. The quantitative estimate of drug-likeness (QED) is 0.407. The SMILES string of the molecule is CCC(Cl)Cc1ccc(S(=O)(=O)[O-])cc1.[Na+]. The molecule has 0 aliphatic carbocycles. The second-order valence-electron chi connectivity index (χ2n) is 3.31. The number of hydrogen-bond acceptors (Lipinski definition) is 3. The number of halogens is 1. The van der Waals surface area contributed by atoms with Crippen LogP contribution in [0.2, 0.25) is 0 Å². The van der Waals surface area contributed by atoms with E-state index < -0.39 is 10.1 Å². The van der Waals surface area contributed by atoms with E-state index in [2.05, 4.69) is 0 Å². The number of hydrogen-bond donors (Lipinski definition) is 0. The van der Waals surface area contributed by atoms with Gasteiger partial charge in [0.1, 0.15) is 10.1 Å². The van der Waals surface area contributed by atoms with Crippen molar-refractivity contribution in [3.05, 3.63) is 29.8 Å². The molecule has 0 radical (unpaired) electrons. The topological polar surface area (TPSA) is 57.2 Å². The van der Waals surface area contributed by atoms with Crippen molar-refractivity contribution >= 4 is 21.7 Å². The molecule has 0 aliphatic rings. The normalized spacial score (nSPS) is 12.9. The van der Waals surface area contributed by atoms with E-state index in [9.17, 15) is 13.0 Å². The molecule has 0 fully saturated rings. The van der Waals surface area contributed by atoms with Crippen molar-refractivity contribution in [2.24, 2.45) is 0 Å². The Labute approximate surface area is 123 Å². The average Bonchev–Trinajstić information content (AvgIpc) is 2.17. The third kappa shape index (κ3) is 5.17. The van der Waals surface area contributed by atoms with Crippen molar-refractivity contribution < 1.29 is 42.5 Å². The summed E-state index contributed by atoms with van der Waals surface area (Å²) in [6.07, 6.45) is 1.53. The fourth-order valence-electron chi connectivity index (χ4n) is 1.19. The zero-order valence-electron chi connectivity index (χ0n) is 9.31. The minimum Gasteiger partial charge on any atom is -0.744 e. The summed E-state index contributed by atoms with van der Waals surface area (Å²) in [4.78, 5) is -0.200. The molecule has 0 saturated heterocycles. The minimum atomic E-state index is -4.34. The molecule has 1 aromatic rings. The summed E-state index contributed by atoms with van der Waals surface area (Å²) in [5, 5.41) is 0.0414.